The number of phenols is 1. The first-order valence-electron chi connectivity index (χ1n) is 9.00. The quantitative estimate of drug-likeness (QED) is 0.605. The van der Waals surface area contributed by atoms with Crippen molar-refractivity contribution >= 4 is 5.91 Å². The number of amides is 1. The summed E-state index contributed by atoms with van der Waals surface area (Å²) in [5.41, 5.74) is 1.29. The number of nitrogens with zero attached hydrogens (tertiary/aromatic N) is 3. The molecule has 1 amide bonds. The number of hydrogen-bond acceptors (Lipinski definition) is 6. The van der Waals surface area contributed by atoms with Crippen LogP contribution in [0.1, 0.15) is 48.1 Å². The van der Waals surface area contributed by atoms with E-state index in [2.05, 4.69) is 5.18 Å². The van der Waals surface area contributed by atoms with Crippen molar-refractivity contribution in [3.8, 4) is 28.8 Å². The van der Waals surface area contributed by atoms with Crippen LogP contribution in [0.4, 0.5) is 0 Å². The van der Waals surface area contributed by atoms with Crippen molar-refractivity contribution in [1.29, 1.82) is 5.26 Å². The Morgan fingerprint density at radius 3 is 2.89 bits per heavy atom. The lowest BCUT2D eigenvalue weighted by Gasteiger charge is -2.30. The molecular weight excluding hydrogens is 362 g/mol. The fourth-order valence-electron chi connectivity index (χ4n) is 3.44. The Balaban J connectivity index is 2.06. The van der Waals surface area contributed by atoms with Crippen molar-refractivity contribution in [2.45, 2.75) is 38.6 Å². The normalized spacial score (nSPS) is 14.5. The Morgan fingerprint density at radius 1 is 1.43 bits per heavy atom. The number of ether oxygens (including phenoxy) is 1. The van der Waals surface area contributed by atoms with E-state index in [4.69, 9.17) is 10.00 Å². The number of nitroso groups, excluding NO2 is 1. The van der Waals surface area contributed by atoms with Gasteiger partial charge in [0.25, 0.3) is 0 Å². The number of phenolic OH excluding ortho intramolecular Hbond substituents is 1. The van der Waals surface area contributed by atoms with Gasteiger partial charge < -0.3 is 14.4 Å². The summed E-state index contributed by atoms with van der Waals surface area (Å²) in [6, 6.07) is 6.59. The number of rotatable bonds is 6. The maximum atomic E-state index is 12.3. The van der Waals surface area contributed by atoms with Gasteiger partial charge in [-0.1, -0.05) is 6.92 Å². The number of carbonyl (C=O) groups excluding carboxylic acids is 1. The molecule has 1 N–H and O–H groups in total. The van der Waals surface area contributed by atoms with Crippen molar-refractivity contribution in [3.05, 3.63) is 50.7 Å². The minimum Gasteiger partial charge on any atom is -0.504 e. The predicted molar refractivity (Wildman–Crippen MR) is 101 cm³/mol. The molecule has 1 atom stereocenters. The van der Waals surface area contributed by atoms with E-state index >= 15 is 0 Å². The van der Waals surface area contributed by atoms with Crippen LogP contribution >= 0.6 is 0 Å². The summed E-state index contributed by atoms with van der Waals surface area (Å²) in [7, 11) is 0. The Labute approximate surface area is 161 Å². The number of benzene rings is 1. The molecule has 0 radical (unpaired) electrons. The van der Waals surface area contributed by atoms with Crippen molar-refractivity contribution in [2.75, 3.05) is 6.61 Å². The molecule has 28 heavy (non-hydrogen) atoms. The third kappa shape index (κ3) is 3.51. The van der Waals surface area contributed by atoms with Gasteiger partial charge in [-0.3, -0.25) is 9.59 Å². The molecule has 2 aromatic rings. The van der Waals surface area contributed by atoms with Gasteiger partial charge in [0.1, 0.15) is 5.56 Å². The van der Waals surface area contributed by atoms with Crippen LogP contribution in [0, 0.1) is 16.2 Å². The molecule has 0 aliphatic carbocycles. The summed E-state index contributed by atoms with van der Waals surface area (Å²) in [4.78, 5) is 34.5. The summed E-state index contributed by atoms with van der Waals surface area (Å²) in [5, 5.41) is 21.3. The van der Waals surface area contributed by atoms with Crippen molar-refractivity contribution in [3.63, 3.8) is 0 Å². The van der Waals surface area contributed by atoms with Gasteiger partial charge in [0.15, 0.2) is 16.9 Å². The second-order valence-corrected chi connectivity index (χ2v) is 6.59. The molecule has 2 heterocycles. The second-order valence-electron chi connectivity index (χ2n) is 6.59. The smallest absolute Gasteiger partial charge is 0.322 e. The number of aromatic hydroxyl groups is 1. The van der Waals surface area contributed by atoms with E-state index in [1.807, 2.05) is 13.0 Å². The van der Waals surface area contributed by atoms with E-state index in [9.17, 15) is 19.6 Å². The van der Waals surface area contributed by atoms with Gasteiger partial charge in [0, 0.05) is 35.5 Å². The van der Waals surface area contributed by atoms with E-state index < -0.39 is 11.3 Å². The molecule has 1 aliphatic heterocycles. The lowest BCUT2D eigenvalue weighted by molar-refractivity contribution is 0.0999. The molecule has 3 rings (SSSR count). The van der Waals surface area contributed by atoms with Gasteiger partial charge in [-0.2, -0.15) is 5.26 Å². The molecule has 8 heteroatoms. The van der Waals surface area contributed by atoms with E-state index in [-0.39, 0.29) is 17.4 Å². The molecule has 0 spiro atoms. The van der Waals surface area contributed by atoms with Crippen LogP contribution in [-0.2, 0) is 6.42 Å². The van der Waals surface area contributed by atoms with Crippen molar-refractivity contribution in [1.82, 2.24) is 4.57 Å². The first-order valence-corrected chi connectivity index (χ1v) is 9.00. The first-order chi connectivity index (χ1) is 13.5. The Hall–Kier alpha value is -3.47. The summed E-state index contributed by atoms with van der Waals surface area (Å²) in [6.45, 7) is 2.30. The van der Waals surface area contributed by atoms with Gasteiger partial charge in [-0.05, 0) is 37.0 Å². The first kappa shape index (κ1) is 19.3. The van der Waals surface area contributed by atoms with E-state index in [1.54, 1.807) is 10.6 Å². The zero-order valence-electron chi connectivity index (χ0n) is 15.3. The third-order valence-electron chi connectivity index (χ3n) is 4.86. The third-order valence-corrected chi connectivity index (χ3v) is 4.86. The summed E-state index contributed by atoms with van der Waals surface area (Å²) in [5.74, 6) is -0.830. The van der Waals surface area contributed by atoms with Crippen molar-refractivity contribution < 1.29 is 14.6 Å². The van der Waals surface area contributed by atoms with E-state index in [0.29, 0.717) is 42.9 Å². The average Bonchev–Trinajstić information content (AvgIpc) is 2.70. The van der Waals surface area contributed by atoms with Crippen LogP contribution in [-0.4, -0.2) is 22.2 Å². The minimum atomic E-state index is -1.09. The van der Waals surface area contributed by atoms with Crippen LogP contribution in [0.15, 0.2) is 34.4 Å². The Kier molecular flexibility index (Phi) is 5.54. The minimum absolute atomic E-state index is 0.0303. The molecular formula is C20H19N3O5. The number of aromatic nitrogens is 1. The molecule has 1 aromatic carbocycles. The van der Waals surface area contributed by atoms with E-state index in [1.165, 1.54) is 18.3 Å². The highest BCUT2D eigenvalue weighted by atomic mass is 16.5. The number of hydrogen-bond donors (Lipinski definition) is 1. The molecule has 1 unspecified atom stereocenters. The Bertz CT molecular complexity index is 1040. The highest BCUT2D eigenvalue weighted by Gasteiger charge is 2.26. The van der Waals surface area contributed by atoms with Gasteiger partial charge in [0.2, 0.25) is 0 Å². The van der Waals surface area contributed by atoms with Crippen LogP contribution < -0.4 is 10.2 Å². The molecule has 8 nitrogen and oxygen atoms in total. The topological polar surface area (TPSA) is 122 Å². The highest BCUT2D eigenvalue weighted by Crippen LogP contribution is 2.41. The van der Waals surface area contributed by atoms with Gasteiger partial charge in [-0.15, -0.1) is 4.91 Å². The summed E-state index contributed by atoms with van der Waals surface area (Å²) >= 11 is 0. The maximum Gasteiger partial charge on any atom is 0.322 e. The number of pyridine rings is 1. The molecule has 0 saturated carbocycles. The molecule has 0 saturated heterocycles. The zero-order chi connectivity index (χ0) is 20.3. The van der Waals surface area contributed by atoms with Crippen LogP contribution in [0.25, 0.3) is 11.3 Å². The average molecular weight is 381 g/mol. The molecule has 0 fully saturated rings. The largest absolute Gasteiger partial charge is 0.504 e. The zero-order valence-corrected chi connectivity index (χ0v) is 15.3. The SMILES string of the molecule is CCC1Cc2cc(OCCCC#N)c(O)cc2-c2cc(=O)c(C(=O)N=O)cn21. The standard InChI is InChI=1S/C20H19N3O5/c1-2-13-7-12-8-19(28-6-4-3-5-21)18(25)9-14(12)16-10-17(24)15(11-23(13)16)20(26)22-27/h8-11,13,25H,2-4,6-7H2,1H3. The molecule has 0 bridgehead atoms. The lowest BCUT2D eigenvalue weighted by atomic mass is 9.90. The van der Waals surface area contributed by atoms with Crippen LogP contribution in [0.3, 0.4) is 0 Å². The molecule has 1 aromatic heterocycles. The van der Waals surface area contributed by atoms with E-state index in [0.717, 1.165) is 12.0 Å². The Morgan fingerprint density at radius 2 is 2.21 bits per heavy atom. The second kappa shape index (κ2) is 8.05. The fraction of sp³-hybridized carbons (Fsp3) is 0.350. The molecule has 1 aliphatic rings. The monoisotopic (exact) mass is 381 g/mol. The van der Waals surface area contributed by atoms with Gasteiger partial charge in [-0.25, -0.2) is 0 Å². The van der Waals surface area contributed by atoms with Gasteiger partial charge in [0.05, 0.1) is 18.4 Å². The number of unbranched alkanes of at least 4 members (excludes halogenated alkanes) is 1. The molecule has 144 valence electrons. The highest BCUT2D eigenvalue weighted by molar-refractivity contribution is 5.94. The fourth-order valence-corrected chi connectivity index (χ4v) is 3.44. The van der Waals surface area contributed by atoms with Crippen LogP contribution in [0.2, 0.25) is 0 Å². The van der Waals surface area contributed by atoms with Gasteiger partial charge >= 0.3 is 5.91 Å². The lowest BCUT2D eigenvalue weighted by Crippen LogP contribution is -2.25. The van der Waals surface area contributed by atoms with Crippen molar-refractivity contribution in [2.24, 2.45) is 5.18 Å². The summed E-state index contributed by atoms with van der Waals surface area (Å²) in [6.07, 6.45) is 3.65. The summed E-state index contributed by atoms with van der Waals surface area (Å²) < 4.78 is 7.38. The van der Waals surface area contributed by atoms with Crippen LogP contribution in [0.5, 0.6) is 11.5 Å². The predicted octanol–water partition coefficient (Wildman–Crippen LogP) is 3.32. The number of nitriles is 1. The maximum absolute atomic E-state index is 12.3. The number of carbonyl (C=O) groups is 1. The number of fused-ring (bicyclic) bond motifs is 3.